The number of rotatable bonds is 5. The third-order valence-corrected chi connectivity index (χ3v) is 4.12. The van der Waals surface area contributed by atoms with Crippen molar-refractivity contribution in [3.8, 4) is 11.1 Å². The van der Waals surface area contributed by atoms with Crippen LogP contribution < -0.4 is 0 Å². The minimum absolute atomic E-state index is 0.0872. The molecule has 0 spiro atoms. The first-order valence-corrected chi connectivity index (χ1v) is 8.46. The molecule has 0 bridgehead atoms. The molecule has 0 radical (unpaired) electrons. The van der Waals surface area contributed by atoms with Gasteiger partial charge in [-0.1, -0.05) is 52.0 Å². The van der Waals surface area contributed by atoms with Crippen molar-refractivity contribution in [1.29, 1.82) is 0 Å². The zero-order valence-corrected chi connectivity index (χ0v) is 15.1. The van der Waals surface area contributed by atoms with E-state index in [1.54, 1.807) is 12.1 Å². The summed E-state index contributed by atoms with van der Waals surface area (Å²) in [4.78, 5) is 4.88. The van der Waals surface area contributed by atoms with E-state index < -0.39 is 0 Å². The van der Waals surface area contributed by atoms with Crippen LogP contribution >= 0.6 is 0 Å². The van der Waals surface area contributed by atoms with Crippen LogP contribution in [0.1, 0.15) is 69.0 Å². The Labute approximate surface area is 144 Å². The first-order chi connectivity index (χ1) is 11.4. The standard InChI is InChI=1S/C21H26FNO/c1-6-7-17-19(15-8-10-16(22)11-9-15)18(12-24)21(14(4)5)23-20(17)13(2)3/h6-11,13-14,24H,12H2,1-5H3/b7-6-. The summed E-state index contributed by atoms with van der Waals surface area (Å²) >= 11 is 0. The maximum absolute atomic E-state index is 13.4. The molecular weight excluding hydrogens is 301 g/mol. The van der Waals surface area contributed by atoms with Gasteiger partial charge in [-0.3, -0.25) is 4.98 Å². The molecule has 0 atom stereocenters. The van der Waals surface area contributed by atoms with Gasteiger partial charge in [0.05, 0.1) is 12.3 Å². The quantitative estimate of drug-likeness (QED) is 0.768. The van der Waals surface area contributed by atoms with Gasteiger partial charge in [-0.15, -0.1) is 0 Å². The molecule has 24 heavy (non-hydrogen) atoms. The summed E-state index contributed by atoms with van der Waals surface area (Å²) in [6, 6.07) is 6.46. The molecule has 0 unspecified atom stereocenters. The molecule has 0 saturated heterocycles. The Kier molecular flexibility index (Phi) is 5.89. The van der Waals surface area contributed by atoms with Gasteiger partial charge in [0.1, 0.15) is 5.82 Å². The van der Waals surface area contributed by atoms with Crippen molar-refractivity contribution < 1.29 is 9.50 Å². The predicted molar refractivity (Wildman–Crippen MR) is 98.4 cm³/mol. The fourth-order valence-electron chi connectivity index (χ4n) is 3.04. The van der Waals surface area contributed by atoms with Gasteiger partial charge in [-0.05, 0) is 42.0 Å². The van der Waals surface area contributed by atoms with Crippen LogP contribution in [0.3, 0.4) is 0 Å². The average molecular weight is 327 g/mol. The van der Waals surface area contributed by atoms with E-state index in [1.807, 2.05) is 19.1 Å². The summed E-state index contributed by atoms with van der Waals surface area (Å²) in [7, 11) is 0. The zero-order chi connectivity index (χ0) is 17.9. The van der Waals surface area contributed by atoms with Crippen molar-refractivity contribution in [1.82, 2.24) is 4.98 Å². The van der Waals surface area contributed by atoms with Crippen LogP contribution in [0.4, 0.5) is 4.39 Å². The highest BCUT2D eigenvalue weighted by Gasteiger charge is 2.22. The molecule has 128 valence electrons. The first-order valence-electron chi connectivity index (χ1n) is 8.46. The van der Waals surface area contributed by atoms with Crippen LogP contribution in [0.25, 0.3) is 17.2 Å². The topological polar surface area (TPSA) is 33.1 Å². The molecule has 0 aliphatic heterocycles. The lowest BCUT2D eigenvalue weighted by Crippen LogP contribution is -2.10. The molecule has 1 heterocycles. The maximum atomic E-state index is 13.4. The molecule has 0 aliphatic carbocycles. The Morgan fingerprint density at radius 1 is 1.04 bits per heavy atom. The second-order valence-corrected chi connectivity index (χ2v) is 6.62. The second-order valence-electron chi connectivity index (χ2n) is 6.62. The minimum Gasteiger partial charge on any atom is -0.392 e. The van der Waals surface area contributed by atoms with Crippen LogP contribution in [0, 0.1) is 5.82 Å². The molecule has 1 aromatic carbocycles. The number of allylic oxidation sites excluding steroid dienone is 1. The highest BCUT2D eigenvalue weighted by Crippen LogP contribution is 2.37. The van der Waals surface area contributed by atoms with Crippen molar-refractivity contribution in [3.05, 3.63) is 58.7 Å². The Hall–Kier alpha value is -2.00. The van der Waals surface area contributed by atoms with Crippen LogP contribution in [0.5, 0.6) is 0 Å². The number of hydrogen-bond donors (Lipinski definition) is 1. The first kappa shape index (κ1) is 18.3. The molecule has 0 fully saturated rings. The van der Waals surface area contributed by atoms with Crippen LogP contribution in [-0.4, -0.2) is 10.1 Å². The molecule has 1 N–H and O–H groups in total. The lowest BCUT2D eigenvalue weighted by Gasteiger charge is -2.22. The van der Waals surface area contributed by atoms with E-state index in [2.05, 4.69) is 27.7 Å². The SMILES string of the molecule is C/C=C\c1c(C(C)C)nc(C(C)C)c(CO)c1-c1ccc(F)cc1. The van der Waals surface area contributed by atoms with Gasteiger partial charge in [0.25, 0.3) is 0 Å². The molecule has 3 heteroatoms. The summed E-state index contributed by atoms with van der Waals surface area (Å²) in [5.74, 6) is 0.184. The van der Waals surface area contributed by atoms with Crippen LogP contribution in [0.15, 0.2) is 30.3 Å². The predicted octanol–water partition coefficient (Wildman–Crippen LogP) is 5.66. The van der Waals surface area contributed by atoms with Crippen molar-refractivity contribution >= 4 is 6.08 Å². The van der Waals surface area contributed by atoms with E-state index in [-0.39, 0.29) is 24.3 Å². The largest absolute Gasteiger partial charge is 0.392 e. The zero-order valence-electron chi connectivity index (χ0n) is 15.1. The van der Waals surface area contributed by atoms with Gasteiger partial charge in [0.15, 0.2) is 0 Å². The number of benzene rings is 1. The Balaban J connectivity index is 2.92. The lowest BCUT2D eigenvalue weighted by atomic mass is 9.87. The van der Waals surface area contributed by atoms with E-state index >= 15 is 0 Å². The summed E-state index contributed by atoms with van der Waals surface area (Å²) in [6.45, 7) is 10.3. The average Bonchev–Trinajstić information content (AvgIpc) is 2.54. The molecular formula is C21H26FNO. The smallest absolute Gasteiger partial charge is 0.123 e. The molecule has 2 aromatic rings. The third-order valence-electron chi connectivity index (χ3n) is 4.12. The van der Waals surface area contributed by atoms with Gasteiger partial charge in [-0.2, -0.15) is 0 Å². The van der Waals surface area contributed by atoms with Gasteiger partial charge < -0.3 is 5.11 Å². The molecule has 2 nitrogen and oxygen atoms in total. The fraction of sp³-hybridized carbons (Fsp3) is 0.381. The summed E-state index contributed by atoms with van der Waals surface area (Å²) in [6.07, 6.45) is 4.01. The van der Waals surface area contributed by atoms with Crippen LogP contribution in [0.2, 0.25) is 0 Å². The van der Waals surface area contributed by atoms with Gasteiger partial charge in [0.2, 0.25) is 0 Å². The minimum atomic E-state index is -0.265. The van der Waals surface area contributed by atoms with E-state index in [0.29, 0.717) is 0 Å². The normalized spacial score (nSPS) is 11.9. The number of halogens is 1. The van der Waals surface area contributed by atoms with E-state index in [1.165, 1.54) is 12.1 Å². The van der Waals surface area contributed by atoms with Crippen molar-refractivity contribution in [2.75, 3.05) is 0 Å². The summed E-state index contributed by atoms with van der Waals surface area (Å²) < 4.78 is 13.4. The van der Waals surface area contributed by atoms with E-state index in [0.717, 1.165) is 33.6 Å². The van der Waals surface area contributed by atoms with E-state index in [9.17, 15) is 9.50 Å². The summed E-state index contributed by atoms with van der Waals surface area (Å²) in [5, 5.41) is 10.0. The van der Waals surface area contributed by atoms with Gasteiger partial charge in [0, 0.05) is 16.8 Å². The highest BCUT2D eigenvalue weighted by atomic mass is 19.1. The Bertz CT molecular complexity index is 730. The van der Waals surface area contributed by atoms with Gasteiger partial charge >= 0.3 is 0 Å². The molecule has 0 saturated carbocycles. The fourth-order valence-corrected chi connectivity index (χ4v) is 3.04. The van der Waals surface area contributed by atoms with Crippen LogP contribution in [-0.2, 0) is 6.61 Å². The number of aromatic nitrogens is 1. The van der Waals surface area contributed by atoms with Crippen molar-refractivity contribution in [2.45, 2.75) is 53.1 Å². The van der Waals surface area contributed by atoms with Crippen molar-refractivity contribution in [3.63, 3.8) is 0 Å². The second kappa shape index (κ2) is 7.71. The number of aliphatic hydroxyl groups is 1. The van der Waals surface area contributed by atoms with E-state index in [4.69, 9.17) is 4.98 Å². The molecule has 2 rings (SSSR count). The van der Waals surface area contributed by atoms with Crippen molar-refractivity contribution in [2.24, 2.45) is 0 Å². The lowest BCUT2D eigenvalue weighted by molar-refractivity contribution is 0.280. The maximum Gasteiger partial charge on any atom is 0.123 e. The Morgan fingerprint density at radius 2 is 1.62 bits per heavy atom. The molecule has 0 amide bonds. The van der Waals surface area contributed by atoms with Gasteiger partial charge in [-0.25, -0.2) is 4.39 Å². The number of hydrogen-bond acceptors (Lipinski definition) is 2. The third kappa shape index (κ3) is 3.57. The summed E-state index contributed by atoms with van der Waals surface area (Å²) in [5.41, 5.74) is 5.61. The monoisotopic (exact) mass is 327 g/mol. The highest BCUT2D eigenvalue weighted by molar-refractivity contribution is 5.80. The Morgan fingerprint density at radius 3 is 2.08 bits per heavy atom. The number of pyridine rings is 1. The number of aliphatic hydroxyl groups excluding tert-OH is 1. The molecule has 0 aliphatic rings. The number of nitrogens with zero attached hydrogens (tertiary/aromatic N) is 1. The molecule has 1 aromatic heterocycles.